The van der Waals surface area contributed by atoms with E-state index in [1.165, 1.54) is 6.07 Å². The van der Waals surface area contributed by atoms with Gasteiger partial charge in [0.15, 0.2) is 5.82 Å². The van der Waals surface area contributed by atoms with Gasteiger partial charge in [0.25, 0.3) is 0 Å². The molecule has 22 heavy (non-hydrogen) atoms. The van der Waals surface area contributed by atoms with E-state index in [0.29, 0.717) is 11.9 Å². The van der Waals surface area contributed by atoms with Gasteiger partial charge in [0.05, 0.1) is 6.10 Å². The van der Waals surface area contributed by atoms with Crippen LogP contribution in [0.15, 0.2) is 24.4 Å². The van der Waals surface area contributed by atoms with Gasteiger partial charge in [0, 0.05) is 56.1 Å². The number of aliphatic hydroxyl groups is 1. The number of anilines is 1. The average molecular weight is 307 g/mol. The van der Waals surface area contributed by atoms with Gasteiger partial charge in [-0.1, -0.05) is 0 Å². The van der Waals surface area contributed by atoms with E-state index in [4.69, 9.17) is 0 Å². The van der Waals surface area contributed by atoms with Crippen LogP contribution in [0.25, 0.3) is 10.9 Å². The number of hydrogen-bond donors (Lipinski definition) is 1. The molecule has 2 aromatic rings. The Bertz CT molecular complexity index is 670. The second-order valence-corrected chi connectivity index (χ2v) is 5.75. The number of piperazine rings is 1. The maximum absolute atomic E-state index is 13.8. The van der Waals surface area contributed by atoms with E-state index in [0.717, 1.165) is 37.9 Å². The summed E-state index contributed by atoms with van der Waals surface area (Å²) < 4.78 is 27.4. The summed E-state index contributed by atoms with van der Waals surface area (Å²) in [4.78, 5) is 8.32. The summed E-state index contributed by atoms with van der Waals surface area (Å²) in [5.74, 6) is -1.23. The average Bonchev–Trinajstić information content (AvgIpc) is 2.47. The van der Waals surface area contributed by atoms with Crippen molar-refractivity contribution in [2.24, 2.45) is 0 Å². The molecule has 0 radical (unpaired) electrons. The summed E-state index contributed by atoms with van der Waals surface area (Å²) >= 11 is 0. The lowest BCUT2D eigenvalue weighted by Crippen LogP contribution is -2.48. The maximum Gasteiger partial charge on any atom is 0.152 e. The Morgan fingerprint density at radius 3 is 2.64 bits per heavy atom. The predicted molar refractivity (Wildman–Crippen MR) is 82.0 cm³/mol. The van der Waals surface area contributed by atoms with Crippen LogP contribution in [-0.2, 0) is 0 Å². The summed E-state index contributed by atoms with van der Waals surface area (Å²) in [7, 11) is 0. The number of nitrogens with zero attached hydrogens (tertiary/aromatic N) is 3. The predicted octanol–water partition coefficient (Wildman–Crippen LogP) is 2.02. The first-order valence-electron chi connectivity index (χ1n) is 7.44. The van der Waals surface area contributed by atoms with Crippen LogP contribution in [0, 0.1) is 11.6 Å². The second kappa shape index (κ2) is 6.14. The van der Waals surface area contributed by atoms with Crippen LogP contribution in [0.3, 0.4) is 0 Å². The summed E-state index contributed by atoms with van der Waals surface area (Å²) in [6.45, 7) is 5.55. The van der Waals surface area contributed by atoms with Gasteiger partial charge >= 0.3 is 0 Å². The minimum absolute atomic E-state index is 0.199. The van der Waals surface area contributed by atoms with Crippen LogP contribution in [0.5, 0.6) is 0 Å². The molecule has 3 rings (SSSR count). The number of halogens is 2. The monoisotopic (exact) mass is 307 g/mol. The van der Waals surface area contributed by atoms with Gasteiger partial charge in [-0.15, -0.1) is 0 Å². The Morgan fingerprint density at radius 2 is 1.95 bits per heavy atom. The Morgan fingerprint density at radius 1 is 1.23 bits per heavy atom. The molecule has 1 N–H and O–H groups in total. The lowest BCUT2D eigenvalue weighted by atomic mass is 10.1. The number of rotatable bonds is 3. The van der Waals surface area contributed by atoms with Gasteiger partial charge in [-0.3, -0.25) is 9.88 Å². The largest absolute Gasteiger partial charge is 0.392 e. The van der Waals surface area contributed by atoms with E-state index >= 15 is 0 Å². The molecule has 4 nitrogen and oxygen atoms in total. The van der Waals surface area contributed by atoms with Crippen LogP contribution in [0.1, 0.15) is 6.92 Å². The molecular formula is C16H19F2N3O. The Labute approximate surface area is 128 Å². The molecule has 1 aliphatic heterocycles. The molecule has 2 heterocycles. The van der Waals surface area contributed by atoms with E-state index < -0.39 is 11.6 Å². The van der Waals surface area contributed by atoms with E-state index in [9.17, 15) is 13.9 Å². The quantitative estimate of drug-likeness (QED) is 0.942. The van der Waals surface area contributed by atoms with E-state index in [-0.39, 0.29) is 11.6 Å². The number of aliphatic hydroxyl groups excluding tert-OH is 1. The van der Waals surface area contributed by atoms with Crippen molar-refractivity contribution in [3.05, 3.63) is 36.0 Å². The van der Waals surface area contributed by atoms with E-state index in [1.54, 1.807) is 19.2 Å². The van der Waals surface area contributed by atoms with Gasteiger partial charge in [-0.2, -0.15) is 0 Å². The third-order valence-electron chi connectivity index (χ3n) is 3.98. The third-order valence-corrected chi connectivity index (χ3v) is 3.98. The van der Waals surface area contributed by atoms with Crippen molar-refractivity contribution < 1.29 is 13.9 Å². The smallest absolute Gasteiger partial charge is 0.152 e. The fourth-order valence-corrected chi connectivity index (χ4v) is 2.99. The molecular weight excluding hydrogens is 288 g/mol. The van der Waals surface area contributed by atoms with Gasteiger partial charge in [-0.25, -0.2) is 8.78 Å². The molecule has 0 bridgehead atoms. The molecule has 0 aliphatic carbocycles. The molecule has 118 valence electrons. The minimum atomic E-state index is -0.635. The van der Waals surface area contributed by atoms with Crippen LogP contribution in [-0.4, -0.2) is 53.8 Å². The van der Waals surface area contributed by atoms with Crippen LogP contribution in [0.4, 0.5) is 14.5 Å². The number of fused-ring (bicyclic) bond motifs is 1. The maximum atomic E-state index is 13.8. The first-order chi connectivity index (χ1) is 10.5. The number of hydrogen-bond acceptors (Lipinski definition) is 4. The van der Waals surface area contributed by atoms with Crippen LogP contribution < -0.4 is 4.90 Å². The van der Waals surface area contributed by atoms with Crippen molar-refractivity contribution in [2.45, 2.75) is 13.0 Å². The summed E-state index contributed by atoms with van der Waals surface area (Å²) in [5, 5.41) is 9.95. The molecule has 6 heteroatoms. The van der Waals surface area contributed by atoms with Crippen LogP contribution >= 0.6 is 0 Å². The molecule has 1 aromatic heterocycles. The number of pyridine rings is 1. The molecule has 1 atom stereocenters. The SMILES string of the molecule is C[C@@H](O)CN1CCN(c2ccnc3c(F)cc(F)cc23)CC1. The number of benzene rings is 1. The molecule has 0 amide bonds. The zero-order chi connectivity index (χ0) is 15.7. The molecule has 1 fully saturated rings. The topological polar surface area (TPSA) is 39.6 Å². The lowest BCUT2D eigenvalue weighted by Gasteiger charge is -2.37. The first kappa shape index (κ1) is 15.1. The molecule has 0 saturated carbocycles. The number of aromatic nitrogens is 1. The van der Waals surface area contributed by atoms with Crippen molar-refractivity contribution in [3.63, 3.8) is 0 Å². The summed E-state index contributed by atoms with van der Waals surface area (Å²) in [5.41, 5.74) is 1.01. The third kappa shape index (κ3) is 3.03. The Hall–Kier alpha value is -1.79. The zero-order valence-corrected chi connectivity index (χ0v) is 12.5. The van der Waals surface area contributed by atoms with Gasteiger partial charge in [0.2, 0.25) is 0 Å². The van der Waals surface area contributed by atoms with Crippen molar-refractivity contribution in [3.8, 4) is 0 Å². The lowest BCUT2D eigenvalue weighted by molar-refractivity contribution is 0.123. The van der Waals surface area contributed by atoms with Crippen molar-refractivity contribution in [1.29, 1.82) is 0 Å². The highest BCUT2D eigenvalue weighted by Crippen LogP contribution is 2.28. The molecule has 1 aromatic carbocycles. The zero-order valence-electron chi connectivity index (χ0n) is 12.5. The summed E-state index contributed by atoms with van der Waals surface area (Å²) in [6.07, 6.45) is 1.21. The van der Waals surface area contributed by atoms with E-state index in [1.807, 2.05) is 0 Å². The van der Waals surface area contributed by atoms with Crippen molar-refractivity contribution in [2.75, 3.05) is 37.6 Å². The molecule has 0 spiro atoms. The summed E-state index contributed by atoms with van der Waals surface area (Å²) in [6, 6.07) is 3.99. The highest BCUT2D eigenvalue weighted by atomic mass is 19.1. The van der Waals surface area contributed by atoms with Gasteiger partial charge in [-0.05, 0) is 19.1 Å². The minimum Gasteiger partial charge on any atom is -0.392 e. The standard InChI is InChI=1S/C16H19F2N3O/c1-11(22)10-20-4-6-21(7-5-20)15-2-3-19-16-13(15)8-12(17)9-14(16)18/h2-3,8-9,11,22H,4-7,10H2,1H3/t11-/m1/s1. The molecule has 1 saturated heterocycles. The van der Waals surface area contributed by atoms with Crippen molar-refractivity contribution >= 4 is 16.6 Å². The highest BCUT2D eigenvalue weighted by Gasteiger charge is 2.20. The van der Waals surface area contributed by atoms with E-state index in [2.05, 4.69) is 14.8 Å². The molecule has 0 unspecified atom stereocenters. The Balaban J connectivity index is 1.86. The fourth-order valence-electron chi connectivity index (χ4n) is 2.99. The van der Waals surface area contributed by atoms with Crippen molar-refractivity contribution in [1.82, 2.24) is 9.88 Å². The van der Waals surface area contributed by atoms with Gasteiger partial charge < -0.3 is 10.0 Å². The molecule has 1 aliphatic rings. The number of β-amino-alcohol motifs (C(OH)–C–C–N with tert-alkyl or cyclic N) is 1. The van der Waals surface area contributed by atoms with Crippen LogP contribution in [0.2, 0.25) is 0 Å². The second-order valence-electron chi connectivity index (χ2n) is 5.75. The normalized spacial score (nSPS) is 17.9. The van der Waals surface area contributed by atoms with Gasteiger partial charge in [0.1, 0.15) is 11.3 Å². The Kier molecular flexibility index (Phi) is 4.22. The fraction of sp³-hybridized carbons (Fsp3) is 0.438. The highest BCUT2D eigenvalue weighted by molar-refractivity contribution is 5.92. The first-order valence-corrected chi connectivity index (χ1v) is 7.44.